The number of hydrogen-bond donors (Lipinski definition) is 2. The Morgan fingerprint density at radius 2 is 2.35 bits per heavy atom. The lowest BCUT2D eigenvalue weighted by Crippen LogP contribution is -2.33. The van der Waals surface area contributed by atoms with Crippen LogP contribution in [0.3, 0.4) is 0 Å². The van der Waals surface area contributed by atoms with Gasteiger partial charge in [-0.25, -0.2) is 4.99 Å². The van der Waals surface area contributed by atoms with Gasteiger partial charge in [0.15, 0.2) is 5.96 Å². The fourth-order valence-corrected chi connectivity index (χ4v) is 1.86. The summed E-state index contributed by atoms with van der Waals surface area (Å²) >= 11 is 0. The lowest BCUT2D eigenvalue weighted by Gasteiger charge is -2.08. The Morgan fingerprint density at radius 3 is 3.12 bits per heavy atom. The first-order valence-electron chi connectivity index (χ1n) is 6.08. The first-order valence-corrected chi connectivity index (χ1v) is 6.08. The van der Waals surface area contributed by atoms with E-state index in [2.05, 4.69) is 23.3 Å². The lowest BCUT2D eigenvalue weighted by atomic mass is 10.1. The number of ether oxygens (including phenoxy) is 1. The third-order valence-electron chi connectivity index (χ3n) is 2.74. The van der Waals surface area contributed by atoms with Crippen molar-refractivity contribution in [2.45, 2.75) is 25.9 Å². The second kappa shape index (κ2) is 5.57. The SMILES string of the molecule is CCCNC(N)=NCC1Cc2ccccc2O1. The van der Waals surface area contributed by atoms with Crippen molar-refractivity contribution in [3.8, 4) is 5.75 Å². The van der Waals surface area contributed by atoms with E-state index in [0.29, 0.717) is 12.5 Å². The number of aliphatic imine (C=N–C) groups is 1. The highest BCUT2D eigenvalue weighted by Crippen LogP contribution is 2.27. The summed E-state index contributed by atoms with van der Waals surface area (Å²) in [5.74, 6) is 1.49. The van der Waals surface area contributed by atoms with Crippen molar-refractivity contribution in [3.05, 3.63) is 29.8 Å². The second-order valence-electron chi connectivity index (χ2n) is 4.20. The normalized spacial score (nSPS) is 18.6. The van der Waals surface area contributed by atoms with Gasteiger partial charge >= 0.3 is 0 Å². The zero-order chi connectivity index (χ0) is 12.1. The van der Waals surface area contributed by atoms with E-state index in [-0.39, 0.29) is 6.10 Å². The molecule has 4 nitrogen and oxygen atoms in total. The van der Waals surface area contributed by atoms with Crippen LogP contribution in [-0.2, 0) is 6.42 Å². The van der Waals surface area contributed by atoms with Crippen LogP contribution in [0.2, 0.25) is 0 Å². The summed E-state index contributed by atoms with van der Waals surface area (Å²) in [7, 11) is 0. The number of nitrogens with zero attached hydrogens (tertiary/aromatic N) is 1. The maximum absolute atomic E-state index is 5.77. The van der Waals surface area contributed by atoms with Crippen LogP contribution >= 0.6 is 0 Å². The Bertz CT molecular complexity index is 378. The molecule has 0 aromatic heterocycles. The van der Waals surface area contributed by atoms with Crippen molar-refractivity contribution in [3.63, 3.8) is 0 Å². The fraction of sp³-hybridized carbons (Fsp3) is 0.462. The molecule has 0 radical (unpaired) electrons. The van der Waals surface area contributed by atoms with Crippen LogP contribution in [-0.4, -0.2) is 25.2 Å². The van der Waals surface area contributed by atoms with Crippen molar-refractivity contribution >= 4 is 5.96 Å². The highest BCUT2D eigenvalue weighted by molar-refractivity contribution is 5.77. The molecule has 92 valence electrons. The molecule has 1 heterocycles. The van der Waals surface area contributed by atoms with Crippen LogP contribution in [0, 0.1) is 0 Å². The van der Waals surface area contributed by atoms with E-state index in [1.54, 1.807) is 0 Å². The van der Waals surface area contributed by atoms with Gasteiger partial charge in [0.05, 0.1) is 6.54 Å². The van der Waals surface area contributed by atoms with E-state index in [4.69, 9.17) is 10.5 Å². The molecule has 0 bridgehead atoms. The van der Waals surface area contributed by atoms with E-state index in [0.717, 1.165) is 25.1 Å². The van der Waals surface area contributed by atoms with E-state index >= 15 is 0 Å². The second-order valence-corrected chi connectivity index (χ2v) is 4.20. The van der Waals surface area contributed by atoms with Crippen LogP contribution in [0.25, 0.3) is 0 Å². The summed E-state index contributed by atoms with van der Waals surface area (Å²) in [4.78, 5) is 4.29. The summed E-state index contributed by atoms with van der Waals surface area (Å²) < 4.78 is 5.77. The minimum Gasteiger partial charge on any atom is -0.488 e. The topological polar surface area (TPSA) is 59.6 Å². The Balaban J connectivity index is 1.83. The van der Waals surface area contributed by atoms with Gasteiger partial charge in [0, 0.05) is 13.0 Å². The monoisotopic (exact) mass is 233 g/mol. The summed E-state index contributed by atoms with van der Waals surface area (Å²) in [5.41, 5.74) is 6.98. The number of guanidine groups is 1. The molecule has 1 aromatic carbocycles. The summed E-state index contributed by atoms with van der Waals surface area (Å²) in [6.45, 7) is 3.56. The molecule has 0 spiro atoms. The standard InChI is InChI=1S/C13H19N3O/c1-2-7-15-13(14)16-9-11-8-10-5-3-4-6-12(10)17-11/h3-6,11H,2,7-9H2,1H3,(H3,14,15,16). The molecule has 2 rings (SSSR count). The van der Waals surface area contributed by atoms with Crippen LogP contribution in [0.1, 0.15) is 18.9 Å². The molecule has 0 amide bonds. The third-order valence-corrected chi connectivity index (χ3v) is 2.74. The summed E-state index contributed by atoms with van der Waals surface area (Å²) in [6, 6.07) is 8.11. The number of hydrogen-bond acceptors (Lipinski definition) is 2. The van der Waals surface area contributed by atoms with Gasteiger partial charge in [-0.2, -0.15) is 0 Å². The van der Waals surface area contributed by atoms with Crippen LogP contribution in [0.4, 0.5) is 0 Å². The van der Waals surface area contributed by atoms with E-state index in [1.807, 2.05) is 18.2 Å². The Kier molecular flexibility index (Phi) is 3.85. The molecule has 17 heavy (non-hydrogen) atoms. The molecule has 1 aliphatic heterocycles. The van der Waals surface area contributed by atoms with Gasteiger partial charge in [-0.05, 0) is 18.1 Å². The Hall–Kier alpha value is -1.71. The first-order chi connectivity index (χ1) is 8.29. The highest BCUT2D eigenvalue weighted by Gasteiger charge is 2.21. The van der Waals surface area contributed by atoms with Gasteiger partial charge in [-0.3, -0.25) is 0 Å². The predicted octanol–water partition coefficient (Wildman–Crippen LogP) is 1.30. The maximum atomic E-state index is 5.77. The lowest BCUT2D eigenvalue weighted by molar-refractivity contribution is 0.242. The average Bonchev–Trinajstić information content (AvgIpc) is 2.76. The number of nitrogens with two attached hydrogens (primary N) is 1. The van der Waals surface area contributed by atoms with Gasteiger partial charge in [-0.15, -0.1) is 0 Å². The van der Waals surface area contributed by atoms with Gasteiger partial charge in [-0.1, -0.05) is 25.1 Å². The maximum Gasteiger partial charge on any atom is 0.188 e. The van der Waals surface area contributed by atoms with Crippen LogP contribution in [0.15, 0.2) is 29.3 Å². The molecule has 1 atom stereocenters. The van der Waals surface area contributed by atoms with Crippen molar-refractivity contribution in [1.82, 2.24) is 5.32 Å². The molecule has 1 unspecified atom stereocenters. The molecule has 1 aliphatic rings. The first kappa shape index (κ1) is 11.8. The number of benzene rings is 1. The van der Waals surface area contributed by atoms with Gasteiger partial charge in [0.2, 0.25) is 0 Å². The third kappa shape index (κ3) is 3.12. The Morgan fingerprint density at radius 1 is 1.53 bits per heavy atom. The molecule has 1 aromatic rings. The average molecular weight is 233 g/mol. The molecular weight excluding hydrogens is 214 g/mol. The van der Waals surface area contributed by atoms with E-state index in [1.165, 1.54) is 5.56 Å². The molecule has 4 heteroatoms. The number of rotatable bonds is 4. The quantitative estimate of drug-likeness (QED) is 0.609. The highest BCUT2D eigenvalue weighted by atomic mass is 16.5. The van der Waals surface area contributed by atoms with Crippen LogP contribution < -0.4 is 15.8 Å². The number of nitrogens with one attached hydrogen (secondary N) is 1. The number of fused-ring (bicyclic) bond motifs is 1. The van der Waals surface area contributed by atoms with E-state index < -0.39 is 0 Å². The minimum atomic E-state index is 0.120. The zero-order valence-electron chi connectivity index (χ0n) is 10.1. The Labute approximate surface area is 102 Å². The van der Waals surface area contributed by atoms with Crippen molar-refractivity contribution in [1.29, 1.82) is 0 Å². The molecule has 3 N–H and O–H groups in total. The zero-order valence-corrected chi connectivity index (χ0v) is 10.1. The number of para-hydroxylation sites is 1. The summed E-state index contributed by atoms with van der Waals surface area (Å²) in [6.07, 6.45) is 2.08. The molecule has 0 fully saturated rings. The molecule has 0 aliphatic carbocycles. The minimum absolute atomic E-state index is 0.120. The van der Waals surface area contributed by atoms with Crippen molar-refractivity contribution < 1.29 is 4.74 Å². The largest absolute Gasteiger partial charge is 0.488 e. The van der Waals surface area contributed by atoms with Crippen molar-refractivity contribution in [2.75, 3.05) is 13.1 Å². The summed E-state index contributed by atoms with van der Waals surface area (Å²) in [5, 5.41) is 3.05. The van der Waals surface area contributed by atoms with Gasteiger partial charge < -0.3 is 15.8 Å². The molecule has 0 saturated carbocycles. The molecular formula is C13H19N3O. The van der Waals surface area contributed by atoms with Gasteiger partial charge in [0.1, 0.15) is 11.9 Å². The predicted molar refractivity (Wildman–Crippen MR) is 69.3 cm³/mol. The fourth-order valence-electron chi connectivity index (χ4n) is 1.86. The van der Waals surface area contributed by atoms with E-state index in [9.17, 15) is 0 Å². The van der Waals surface area contributed by atoms with Crippen molar-refractivity contribution in [2.24, 2.45) is 10.7 Å². The molecule has 0 saturated heterocycles. The smallest absolute Gasteiger partial charge is 0.188 e. The van der Waals surface area contributed by atoms with Crippen LogP contribution in [0.5, 0.6) is 5.75 Å². The van der Waals surface area contributed by atoms with Gasteiger partial charge in [0.25, 0.3) is 0 Å².